The van der Waals surface area contributed by atoms with Gasteiger partial charge in [-0.15, -0.1) is 0 Å². The summed E-state index contributed by atoms with van der Waals surface area (Å²) in [6.45, 7) is 3.90. The second-order valence-electron chi connectivity index (χ2n) is 9.03. The third-order valence-corrected chi connectivity index (χ3v) is 6.77. The quantitative estimate of drug-likeness (QED) is 0.525. The lowest BCUT2D eigenvalue weighted by atomic mass is 9.90. The van der Waals surface area contributed by atoms with E-state index in [2.05, 4.69) is 61.9 Å². The molecule has 2 fully saturated rings. The molecule has 0 atom stereocenters. The van der Waals surface area contributed by atoms with Crippen molar-refractivity contribution in [1.82, 2.24) is 20.5 Å². The lowest BCUT2D eigenvalue weighted by Gasteiger charge is -2.34. The molecule has 7 nitrogen and oxygen atoms in total. The number of nitrogens with one attached hydrogen (secondary N) is 2. The Hall–Kier alpha value is -3.09. The Balaban J connectivity index is 1.15. The van der Waals surface area contributed by atoms with Gasteiger partial charge in [-0.3, -0.25) is 9.79 Å². The highest BCUT2D eigenvalue weighted by atomic mass is 16.2. The first-order chi connectivity index (χ1) is 16.2. The molecule has 2 aromatic rings. The predicted molar refractivity (Wildman–Crippen MR) is 133 cm³/mol. The second-order valence-corrected chi connectivity index (χ2v) is 9.03. The van der Waals surface area contributed by atoms with Crippen LogP contribution in [0.5, 0.6) is 0 Å². The van der Waals surface area contributed by atoms with Crippen LogP contribution >= 0.6 is 0 Å². The first kappa shape index (κ1) is 23.1. The number of carbonyl (C=O) groups is 1. The van der Waals surface area contributed by atoms with Gasteiger partial charge in [-0.1, -0.05) is 36.4 Å². The van der Waals surface area contributed by atoms with E-state index in [0.29, 0.717) is 17.9 Å². The summed E-state index contributed by atoms with van der Waals surface area (Å²) in [7, 11) is 1.76. The summed E-state index contributed by atoms with van der Waals surface area (Å²) in [5, 5.41) is 6.72. The van der Waals surface area contributed by atoms with E-state index in [1.807, 2.05) is 23.2 Å². The average Bonchev–Trinajstić information content (AvgIpc) is 2.88. The number of carbonyl (C=O) groups excluding carboxylic acids is 1. The van der Waals surface area contributed by atoms with Crippen LogP contribution in [0.1, 0.15) is 31.2 Å². The van der Waals surface area contributed by atoms with Crippen molar-refractivity contribution in [2.75, 3.05) is 44.7 Å². The summed E-state index contributed by atoms with van der Waals surface area (Å²) >= 11 is 0. The molecule has 1 aromatic carbocycles. The first-order valence-electron chi connectivity index (χ1n) is 12.2. The number of amides is 1. The number of nitrogens with zero attached hydrogens (tertiary/aromatic N) is 4. The number of anilines is 1. The van der Waals surface area contributed by atoms with E-state index in [9.17, 15) is 4.79 Å². The summed E-state index contributed by atoms with van der Waals surface area (Å²) in [5.74, 6) is 2.56. The Kier molecular flexibility index (Phi) is 8.17. The minimum atomic E-state index is 0.154. The number of hydrogen-bond acceptors (Lipinski definition) is 4. The largest absolute Gasteiger partial charge is 0.356 e. The van der Waals surface area contributed by atoms with Crippen LogP contribution in [-0.4, -0.2) is 67.6 Å². The van der Waals surface area contributed by atoms with Gasteiger partial charge >= 0.3 is 0 Å². The van der Waals surface area contributed by atoms with Crippen molar-refractivity contribution in [2.45, 2.75) is 38.1 Å². The molecule has 3 heterocycles. The lowest BCUT2D eigenvalue weighted by molar-refractivity contribution is -0.131. The highest BCUT2D eigenvalue weighted by Gasteiger charge is 2.24. The Labute approximate surface area is 197 Å². The number of aliphatic imine (C=N–C) groups is 1. The third kappa shape index (κ3) is 6.70. The molecule has 4 rings (SSSR count). The molecule has 2 aliphatic rings. The lowest BCUT2D eigenvalue weighted by Crippen LogP contribution is -2.51. The van der Waals surface area contributed by atoms with Crippen LogP contribution in [0.15, 0.2) is 59.7 Å². The molecule has 2 saturated heterocycles. The molecule has 0 spiro atoms. The number of benzene rings is 1. The van der Waals surface area contributed by atoms with E-state index >= 15 is 0 Å². The van der Waals surface area contributed by atoms with Gasteiger partial charge in [0.25, 0.3) is 0 Å². The molecule has 176 valence electrons. The van der Waals surface area contributed by atoms with Gasteiger partial charge in [-0.2, -0.15) is 0 Å². The minimum absolute atomic E-state index is 0.154. The zero-order valence-corrected chi connectivity index (χ0v) is 19.6. The van der Waals surface area contributed by atoms with Gasteiger partial charge in [0.05, 0.1) is 6.54 Å². The van der Waals surface area contributed by atoms with Crippen molar-refractivity contribution in [3.05, 3.63) is 60.3 Å². The highest BCUT2D eigenvalue weighted by Crippen LogP contribution is 2.21. The second kappa shape index (κ2) is 11.7. The van der Waals surface area contributed by atoms with E-state index in [4.69, 9.17) is 0 Å². The van der Waals surface area contributed by atoms with Crippen LogP contribution in [0.25, 0.3) is 0 Å². The van der Waals surface area contributed by atoms with E-state index in [1.54, 1.807) is 7.05 Å². The topological polar surface area (TPSA) is 72.9 Å². The van der Waals surface area contributed by atoms with Gasteiger partial charge in [0.1, 0.15) is 5.82 Å². The highest BCUT2D eigenvalue weighted by molar-refractivity contribution is 5.86. The van der Waals surface area contributed by atoms with E-state index in [1.165, 1.54) is 5.56 Å². The fourth-order valence-corrected chi connectivity index (χ4v) is 4.79. The molecule has 7 heteroatoms. The number of piperidine rings is 2. The van der Waals surface area contributed by atoms with Gasteiger partial charge in [-0.05, 0) is 55.7 Å². The molecule has 2 N–H and O–H groups in total. The Morgan fingerprint density at radius 3 is 2.39 bits per heavy atom. The third-order valence-electron chi connectivity index (χ3n) is 6.77. The van der Waals surface area contributed by atoms with Crippen LogP contribution in [0.2, 0.25) is 0 Å². The van der Waals surface area contributed by atoms with Gasteiger partial charge in [0.15, 0.2) is 5.96 Å². The van der Waals surface area contributed by atoms with Crippen molar-refractivity contribution in [3.8, 4) is 0 Å². The molecule has 33 heavy (non-hydrogen) atoms. The molecule has 0 bridgehead atoms. The van der Waals surface area contributed by atoms with E-state index in [0.717, 1.165) is 64.1 Å². The Bertz CT molecular complexity index is 888. The number of rotatable bonds is 6. The van der Waals surface area contributed by atoms with Gasteiger partial charge < -0.3 is 20.4 Å². The van der Waals surface area contributed by atoms with Crippen molar-refractivity contribution in [3.63, 3.8) is 0 Å². The summed E-state index contributed by atoms with van der Waals surface area (Å²) in [4.78, 5) is 25.8. The molecular weight excluding hydrogens is 412 g/mol. The van der Waals surface area contributed by atoms with Crippen molar-refractivity contribution in [1.29, 1.82) is 0 Å². The Morgan fingerprint density at radius 2 is 1.73 bits per heavy atom. The number of guanidine groups is 1. The zero-order valence-electron chi connectivity index (χ0n) is 19.6. The van der Waals surface area contributed by atoms with E-state index in [-0.39, 0.29) is 12.5 Å². The maximum atomic E-state index is 12.7. The predicted octanol–water partition coefficient (Wildman–Crippen LogP) is 2.70. The molecule has 0 saturated carbocycles. The maximum Gasteiger partial charge on any atom is 0.241 e. The average molecular weight is 449 g/mol. The molecule has 1 aromatic heterocycles. The van der Waals surface area contributed by atoms with Crippen molar-refractivity contribution in [2.24, 2.45) is 10.9 Å². The standard InChI is InChI=1S/C26H36N6O/c1-27-26(30-23-12-17-31(18-13-23)24-9-5-6-14-28-24)29-20-25(33)32-15-10-22(11-16-32)19-21-7-3-2-4-8-21/h2-9,14,22-23H,10-13,15-20H2,1H3,(H2,27,29,30). The van der Waals surface area contributed by atoms with Crippen molar-refractivity contribution >= 4 is 17.7 Å². The number of hydrogen-bond donors (Lipinski definition) is 2. The fourth-order valence-electron chi connectivity index (χ4n) is 4.79. The van der Waals surface area contributed by atoms with Gasteiger partial charge in [0, 0.05) is 45.5 Å². The van der Waals surface area contributed by atoms with Crippen LogP contribution in [-0.2, 0) is 11.2 Å². The maximum absolute atomic E-state index is 12.7. The SMILES string of the molecule is CN=C(NCC(=O)N1CCC(Cc2ccccc2)CC1)NC1CCN(c2ccccn2)CC1. The molecule has 1 amide bonds. The van der Waals surface area contributed by atoms with Gasteiger partial charge in [0.2, 0.25) is 5.91 Å². The van der Waals surface area contributed by atoms with E-state index < -0.39 is 0 Å². The number of likely N-dealkylation sites (tertiary alicyclic amines) is 1. The number of pyridine rings is 1. The van der Waals surface area contributed by atoms with Crippen LogP contribution in [0.3, 0.4) is 0 Å². The van der Waals surface area contributed by atoms with Crippen LogP contribution < -0.4 is 15.5 Å². The summed E-state index contributed by atoms with van der Waals surface area (Å²) in [6, 6.07) is 17.0. The number of aromatic nitrogens is 1. The van der Waals surface area contributed by atoms with Crippen LogP contribution in [0.4, 0.5) is 5.82 Å². The summed E-state index contributed by atoms with van der Waals surface area (Å²) < 4.78 is 0. The molecule has 2 aliphatic heterocycles. The molecular formula is C26H36N6O. The monoisotopic (exact) mass is 448 g/mol. The van der Waals surface area contributed by atoms with Gasteiger partial charge in [-0.25, -0.2) is 4.98 Å². The fraction of sp³-hybridized carbons (Fsp3) is 0.500. The molecule has 0 radical (unpaired) electrons. The first-order valence-corrected chi connectivity index (χ1v) is 12.2. The summed E-state index contributed by atoms with van der Waals surface area (Å²) in [6.07, 6.45) is 7.12. The Morgan fingerprint density at radius 1 is 1.00 bits per heavy atom. The molecule has 0 unspecified atom stereocenters. The molecule has 0 aliphatic carbocycles. The zero-order chi connectivity index (χ0) is 22.9. The van der Waals surface area contributed by atoms with Crippen LogP contribution in [0, 0.1) is 5.92 Å². The smallest absolute Gasteiger partial charge is 0.241 e. The van der Waals surface area contributed by atoms with Crippen molar-refractivity contribution < 1.29 is 4.79 Å². The minimum Gasteiger partial charge on any atom is -0.356 e. The summed E-state index contributed by atoms with van der Waals surface area (Å²) in [5.41, 5.74) is 1.39. The normalized spacial score (nSPS) is 18.3.